The molecule has 9 nitrogen and oxygen atoms in total. The summed E-state index contributed by atoms with van der Waals surface area (Å²) in [5.41, 5.74) is -4.71. The zero-order chi connectivity index (χ0) is 32.6. The molecule has 0 spiro atoms. The van der Waals surface area contributed by atoms with Crippen molar-refractivity contribution in [3.8, 4) is 0 Å². The highest BCUT2D eigenvalue weighted by Crippen LogP contribution is 2.72. The van der Waals surface area contributed by atoms with Crippen LogP contribution in [0.3, 0.4) is 0 Å². The lowest BCUT2D eigenvalue weighted by Crippen LogP contribution is -2.70. The van der Waals surface area contributed by atoms with Crippen LogP contribution < -0.4 is 5.32 Å². The van der Waals surface area contributed by atoms with Crippen molar-refractivity contribution in [3.63, 3.8) is 0 Å². The summed E-state index contributed by atoms with van der Waals surface area (Å²) in [5, 5.41) is 14.4. The van der Waals surface area contributed by atoms with Crippen LogP contribution in [0.5, 0.6) is 0 Å². The van der Waals surface area contributed by atoms with Crippen LogP contribution in [-0.4, -0.2) is 71.0 Å². The normalized spacial score (nSPS) is 39.9. The maximum absolute atomic E-state index is 17.6. The van der Waals surface area contributed by atoms with E-state index in [9.17, 15) is 24.3 Å². The Morgan fingerprint density at radius 2 is 1.84 bits per heavy atom. The number of esters is 1. The molecule has 4 unspecified atom stereocenters. The summed E-state index contributed by atoms with van der Waals surface area (Å²) in [4.78, 5) is 51.8. The van der Waals surface area contributed by atoms with Gasteiger partial charge in [-0.2, -0.15) is 0 Å². The van der Waals surface area contributed by atoms with E-state index >= 15 is 4.39 Å². The Hall–Kier alpha value is -3.21. The number of amides is 1. The third kappa shape index (κ3) is 4.58. The molecule has 1 saturated heterocycles. The van der Waals surface area contributed by atoms with Crippen molar-refractivity contribution in [2.75, 3.05) is 13.2 Å². The molecule has 1 heterocycles. The van der Waals surface area contributed by atoms with E-state index in [2.05, 4.69) is 5.32 Å². The number of aliphatic hydroxyl groups is 1. The summed E-state index contributed by atoms with van der Waals surface area (Å²) in [6.07, 6.45) is 3.42. The largest absolute Gasteiger partial charge is 0.457 e. The van der Waals surface area contributed by atoms with E-state index in [0.717, 1.165) is 0 Å². The SMILES string of the molecule is CC(CNC(=O)c1ccccc1)C(=O)OCC(=O)C12OC(C)(C)O[C@@H]1C[C@H]1[C@@H]3CCC4=CC(=O)C=CC4(C)[C@@]3(F)[C@@H](O)CC12C. The molecule has 10 heteroatoms. The van der Waals surface area contributed by atoms with Crippen molar-refractivity contribution in [1.82, 2.24) is 5.32 Å². The molecule has 6 rings (SSSR count). The van der Waals surface area contributed by atoms with Crippen molar-refractivity contribution >= 4 is 23.4 Å². The molecule has 4 aliphatic carbocycles. The topological polar surface area (TPSA) is 128 Å². The Bertz CT molecular complexity index is 1490. The molecule has 242 valence electrons. The van der Waals surface area contributed by atoms with Gasteiger partial charge in [0.15, 0.2) is 29.4 Å². The van der Waals surface area contributed by atoms with Crippen molar-refractivity contribution in [1.29, 1.82) is 0 Å². The minimum Gasteiger partial charge on any atom is -0.457 e. The number of fused-ring (bicyclic) bond motifs is 7. The van der Waals surface area contributed by atoms with E-state index in [1.807, 2.05) is 6.92 Å². The first kappa shape index (κ1) is 31.8. The summed E-state index contributed by atoms with van der Waals surface area (Å²) in [6.45, 7) is 8.05. The number of carbonyl (C=O) groups excluding carboxylic acids is 4. The van der Waals surface area contributed by atoms with E-state index < -0.39 is 70.3 Å². The Kier molecular flexibility index (Phi) is 7.53. The number of hydrogen-bond acceptors (Lipinski definition) is 8. The van der Waals surface area contributed by atoms with Gasteiger partial charge in [-0.3, -0.25) is 19.2 Å². The van der Waals surface area contributed by atoms with Crippen molar-refractivity contribution in [3.05, 3.63) is 59.7 Å². The highest BCUT2D eigenvalue weighted by atomic mass is 19.1. The molecule has 45 heavy (non-hydrogen) atoms. The summed E-state index contributed by atoms with van der Waals surface area (Å²) in [5.74, 6) is -4.56. The first-order valence-electron chi connectivity index (χ1n) is 15.8. The number of hydrogen-bond donors (Lipinski definition) is 2. The van der Waals surface area contributed by atoms with Gasteiger partial charge in [-0.15, -0.1) is 0 Å². The number of ether oxygens (including phenoxy) is 3. The molecule has 0 bridgehead atoms. The predicted octanol–water partition coefficient (Wildman–Crippen LogP) is 4.04. The van der Waals surface area contributed by atoms with Crippen molar-refractivity contribution < 1.29 is 42.9 Å². The van der Waals surface area contributed by atoms with Crippen LogP contribution in [0.25, 0.3) is 0 Å². The summed E-state index contributed by atoms with van der Waals surface area (Å²) in [6, 6.07) is 8.61. The minimum absolute atomic E-state index is 0.0165. The lowest BCUT2D eigenvalue weighted by molar-refractivity contribution is -0.246. The zero-order valence-corrected chi connectivity index (χ0v) is 26.4. The van der Waals surface area contributed by atoms with Crippen LogP contribution in [0.15, 0.2) is 54.1 Å². The van der Waals surface area contributed by atoms with Gasteiger partial charge in [0.2, 0.25) is 5.78 Å². The fraction of sp³-hybridized carbons (Fsp3) is 0.600. The Morgan fingerprint density at radius 1 is 1.13 bits per heavy atom. The van der Waals surface area contributed by atoms with Crippen LogP contribution in [0, 0.1) is 28.6 Å². The number of carbonyl (C=O) groups is 4. The van der Waals surface area contributed by atoms with Gasteiger partial charge in [0, 0.05) is 28.9 Å². The molecule has 1 aliphatic heterocycles. The van der Waals surface area contributed by atoms with Crippen molar-refractivity contribution in [2.24, 2.45) is 28.6 Å². The highest BCUT2D eigenvalue weighted by molar-refractivity contribution is 6.01. The van der Waals surface area contributed by atoms with Gasteiger partial charge < -0.3 is 24.6 Å². The fourth-order valence-corrected chi connectivity index (χ4v) is 9.22. The molecule has 1 aromatic rings. The lowest BCUT2D eigenvalue weighted by Gasteiger charge is -2.62. The van der Waals surface area contributed by atoms with Crippen LogP contribution in [0.1, 0.15) is 70.7 Å². The van der Waals surface area contributed by atoms with Crippen LogP contribution in [-0.2, 0) is 28.6 Å². The van der Waals surface area contributed by atoms with E-state index in [0.29, 0.717) is 30.4 Å². The monoisotopic (exact) mass is 623 g/mol. The molecule has 4 fully saturated rings. The number of allylic oxidation sites excluding steroid dienone is 4. The Balaban J connectivity index is 1.22. The molecule has 9 atom stereocenters. The van der Waals surface area contributed by atoms with E-state index in [-0.39, 0.29) is 30.6 Å². The number of alkyl halides is 1. The van der Waals surface area contributed by atoms with Gasteiger partial charge in [0.25, 0.3) is 5.91 Å². The number of ketones is 2. The fourth-order valence-electron chi connectivity index (χ4n) is 9.22. The molecular weight excluding hydrogens is 581 g/mol. The first-order chi connectivity index (χ1) is 21.1. The van der Waals surface area contributed by atoms with Gasteiger partial charge in [0.05, 0.1) is 18.1 Å². The van der Waals surface area contributed by atoms with Gasteiger partial charge in [-0.25, -0.2) is 4.39 Å². The molecular formula is C35H42FNO8. The maximum Gasteiger partial charge on any atom is 0.310 e. The first-order valence-corrected chi connectivity index (χ1v) is 15.8. The second kappa shape index (κ2) is 10.7. The Morgan fingerprint density at radius 3 is 2.56 bits per heavy atom. The predicted molar refractivity (Wildman–Crippen MR) is 160 cm³/mol. The summed E-state index contributed by atoms with van der Waals surface area (Å²) >= 11 is 0. The van der Waals surface area contributed by atoms with E-state index in [4.69, 9.17) is 14.2 Å². The van der Waals surface area contributed by atoms with Crippen LogP contribution in [0.4, 0.5) is 4.39 Å². The average molecular weight is 624 g/mol. The second-order valence-corrected chi connectivity index (χ2v) is 14.4. The van der Waals surface area contributed by atoms with E-state index in [1.165, 1.54) is 12.2 Å². The quantitative estimate of drug-likeness (QED) is 0.436. The highest BCUT2D eigenvalue weighted by Gasteiger charge is 2.80. The Labute approximate surface area is 262 Å². The number of aliphatic hydroxyl groups excluding tert-OH is 1. The molecule has 3 saturated carbocycles. The smallest absolute Gasteiger partial charge is 0.310 e. The summed E-state index contributed by atoms with van der Waals surface area (Å²) < 4.78 is 35.9. The van der Waals surface area contributed by atoms with Crippen LogP contribution in [0.2, 0.25) is 0 Å². The number of Topliss-reactive ketones (excluding diaryl/α,β-unsaturated/α-hetero) is 1. The van der Waals surface area contributed by atoms with Crippen LogP contribution >= 0.6 is 0 Å². The number of benzene rings is 1. The van der Waals surface area contributed by atoms with Gasteiger partial charge >= 0.3 is 5.97 Å². The molecule has 5 aliphatic rings. The molecule has 0 radical (unpaired) electrons. The van der Waals surface area contributed by atoms with Gasteiger partial charge in [0.1, 0.15) is 0 Å². The summed E-state index contributed by atoms with van der Waals surface area (Å²) in [7, 11) is 0. The molecule has 1 amide bonds. The van der Waals surface area contributed by atoms with Gasteiger partial charge in [-0.1, -0.05) is 43.7 Å². The number of rotatable bonds is 7. The third-order valence-electron chi connectivity index (χ3n) is 11.4. The molecule has 2 N–H and O–H groups in total. The molecule has 0 aromatic heterocycles. The molecule has 1 aromatic carbocycles. The van der Waals surface area contributed by atoms with E-state index in [1.54, 1.807) is 64.1 Å². The third-order valence-corrected chi connectivity index (χ3v) is 11.4. The lowest BCUT2D eigenvalue weighted by atomic mass is 9.44. The van der Waals surface area contributed by atoms with Crippen molar-refractivity contribution in [2.45, 2.75) is 89.6 Å². The average Bonchev–Trinajstić information content (AvgIpc) is 3.41. The maximum atomic E-state index is 17.6. The minimum atomic E-state index is -2.07. The number of nitrogens with one attached hydrogen (secondary N) is 1. The standard InChI is InChI=1S/C35H42FNO8/c1-20(18-37-29(41)21-9-7-6-8-10-21)30(42)43-19-27(40)35-28(44-31(2,3)45-35)16-25-24-12-11-22-15-23(38)13-14-32(22,4)34(24,36)26(39)17-33(25,35)5/h6-10,13-15,20,24-26,28,39H,11-12,16-19H2,1-5H3,(H,37,41)/t20?,24-,25-,26-,28+,32?,33?,34-,35?/m0/s1. The number of halogens is 1. The zero-order valence-electron chi connectivity index (χ0n) is 26.4. The van der Waals surface area contributed by atoms with Gasteiger partial charge in [-0.05, 0) is 76.7 Å². The second-order valence-electron chi connectivity index (χ2n) is 14.4.